The highest BCUT2D eigenvalue weighted by molar-refractivity contribution is 5.25. The lowest BCUT2D eigenvalue weighted by Gasteiger charge is -2.10. The van der Waals surface area contributed by atoms with Crippen LogP contribution in [0.2, 0.25) is 0 Å². The lowest BCUT2D eigenvalue weighted by molar-refractivity contribution is 0.770. The molecule has 1 heterocycles. The highest BCUT2D eigenvalue weighted by Gasteiger charge is 2.04. The van der Waals surface area contributed by atoms with E-state index < -0.39 is 0 Å². The van der Waals surface area contributed by atoms with Gasteiger partial charge in [-0.1, -0.05) is 13.8 Å². The number of hydrogen-bond acceptors (Lipinski definition) is 2. The topological polar surface area (TPSA) is 24.9 Å². The van der Waals surface area contributed by atoms with Crippen molar-refractivity contribution in [2.45, 2.75) is 26.3 Å². The molecular formula is C10H16N2. The molecule has 0 amide bonds. The highest BCUT2D eigenvalue weighted by atomic mass is 14.8. The first-order chi connectivity index (χ1) is 5.75. The van der Waals surface area contributed by atoms with Gasteiger partial charge in [0.1, 0.15) is 0 Å². The Hall–Kier alpha value is -0.890. The minimum Gasteiger partial charge on any atom is -0.316 e. The van der Waals surface area contributed by atoms with Crippen LogP contribution in [0.15, 0.2) is 18.5 Å². The number of rotatable bonds is 3. The Morgan fingerprint density at radius 3 is 2.83 bits per heavy atom. The number of nitrogens with zero attached hydrogens (tertiary/aromatic N) is 1. The molecule has 0 atom stereocenters. The van der Waals surface area contributed by atoms with Gasteiger partial charge < -0.3 is 5.32 Å². The molecule has 2 nitrogen and oxygen atoms in total. The van der Waals surface area contributed by atoms with E-state index in [2.05, 4.69) is 30.2 Å². The summed E-state index contributed by atoms with van der Waals surface area (Å²) in [7, 11) is 1.96. The van der Waals surface area contributed by atoms with Crippen molar-refractivity contribution in [1.82, 2.24) is 10.3 Å². The molecule has 0 saturated carbocycles. The predicted molar refractivity (Wildman–Crippen MR) is 51.1 cm³/mol. The first kappa shape index (κ1) is 9.20. The van der Waals surface area contributed by atoms with Crippen molar-refractivity contribution in [1.29, 1.82) is 0 Å². The summed E-state index contributed by atoms with van der Waals surface area (Å²) in [5.41, 5.74) is 2.69. The van der Waals surface area contributed by atoms with E-state index in [0.717, 1.165) is 6.54 Å². The van der Waals surface area contributed by atoms with Gasteiger partial charge in [-0.25, -0.2) is 0 Å². The molecule has 2 heteroatoms. The zero-order valence-corrected chi connectivity index (χ0v) is 7.96. The van der Waals surface area contributed by atoms with E-state index in [1.165, 1.54) is 11.1 Å². The number of pyridine rings is 1. The SMILES string of the molecule is CNCc1cnccc1C(C)C. The Balaban J connectivity index is 2.92. The summed E-state index contributed by atoms with van der Waals surface area (Å²) < 4.78 is 0. The lowest BCUT2D eigenvalue weighted by atomic mass is 9.99. The van der Waals surface area contributed by atoms with Crippen LogP contribution in [-0.4, -0.2) is 12.0 Å². The molecule has 0 aliphatic rings. The summed E-state index contributed by atoms with van der Waals surface area (Å²) in [6, 6.07) is 2.09. The highest BCUT2D eigenvalue weighted by Crippen LogP contribution is 2.17. The molecule has 1 aromatic rings. The van der Waals surface area contributed by atoms with Gasteiger partial charge in [0, 0.05) is 18.9 Å². The summed E-state index contributed by atoms with van der Waals surface area (Å²) in [6.07, 6.45) is 3.79. The van der Waals surface area contributed by atoms with Crippen molar-refractivity contribution in [2.24, 2.45) is 0 Å². The summed E-state index contributed by atoms with van der Waals surface area (Å²) in [5.74, 6) is 0.580. The fraction of sp³-hybridized carbons (Fsp3) is 0.500. The smallest absolute Gasteiger partial charge is 0.0315 e. The van der Waals surface area contributed by atoms with E-state index in [0.29, 0.717) is 5.92 Å². The first-order valence-corrected chi connectivity index (χ1v) is 4.33. The van der Waals surface area contributed by atoms with Crippen molar-refractivity contribution < 1.29 is 0 Å². The Morgan fingerprint density at radius 2 is 2.25 bits per heavy atom. The van der Waals surface area contributed by atoms with Gasteiger partial charge in [-0.15, -0.1) is 0 Å². The average Bonchev–Trinajstić information content (AvgIpc) is 2.05. The minimum atomic E-state index is 0.580. The molecule has 0 fully saturated rings. The number of aromatic nitrogens is 1. The standard InChI is InChI=1S/C10H16N2/c1-8(2)10-4-5-12-7-9(10)6-11-3/h4-5,7-8,11H,6H2,1-3H3. The van der Waals surface area contributed by atoms with Gasteiger partial charge in [0.15, 0.2) is 0 Å². The van der Waals surface area contributed by atoms with Crippen LogP contribution in [0.4, 0.5) is 0 Å². The second-order valence-electron chi connectivity index (χ2n) is 3.26. The van der Waals surface area contributed by atoms with Gasteiger partial charge in [0.25, 0.3) is 0 Å². The van der Waals surface area contributed by atoms with E-state index in [1.807, 2.05) is 19.4 Å². The molecule has 0 saturated heterocycles. The molecule has 66 valence electrons. The van der Waals surface area contributed by atoms with Crippen LogP contribution in [-0.2, 0) is 6.54 Å². The number of nitrogens with one attached hydrogen (secondary N) is 1. The van der Waals surface area contributed by atoms with E-state index in [1.54, 1.807) is 0 Å². The summed E-state index contributed by atoms with van der Waals surface area (Å²) >= 11 is 0. The first-order valence-electron chi connectivity index (χ1n) is 4.33. The summed E-state index contributed by atoms with van der Waals surface area (Å²) in [4.78, 5) is 4.11. The average molecular weight is 164 g/mol. The van der Waals surface area contributed by atoms with E-state index in [-0.39, 0.29) is 0 Å². The Kier molecular flexibility index (Phi) is 3.23. The maximum absolute atomic E-state index is 4.11. The number of hydrogen-bond donors (Lipinski definition) is 1. The third kappa shape index (κ3) is 2.05. The van der Waals surface area contributed by atoms with Crippen LogP contribution in [0.25, 0.3) is 0 Å². The molecule has 0 spiro atoms. The largest absolute Gasteiger partial charge is 0.316 e. The molecule has 1 N–H and O–H groups in total. The van der Waals surface area contributed by atoms with Gasteiger partial charge in [-0.2, -0.15) is 0 Å². The van der Waals surface area contributed by atoms with E-state index >= 15 is 0 Å². The fourth-order valence-electron chi connectivity index (χ4n) is 1.34. The lowest BCUT2D eigenvalue weighted by Crippen LogP contribution is -2.08. The van der Waals surface area contributed by atoms with Crippen molar-refractivity contribution in [3.8, 4) is 0 Å². The molecule has 0 aliphatic heterocycles. The fourth-order valence-corrected chi connectivity index (χ4v) is 1.34. The van der Waals surface area contributed by atoms with Crippen LogP contribution >= 0.6 is 0 Å². The molecule has 0 unspecified atom stereocenters. The van der Waals surface area contributed by atoms with Gasteiger partial charge >= 0.3 is 0 Å². The van der Waals surface area contributed by atoms with Gasteiger partial charge in [-0.05, 0) is 30.2 Å². The quantitative estimate of drug-likeness (QED) is 0.738. The van der Waals surface area contributed by atoms with Gasteiger partial charge in [-0.3, -0.25) is 4.98 Å². The Bertz CT molecular complexity index is 243. The molecule has 12 heavy (non-hydrogen) atoms. The maximum Gasteiger partial charge on any atom is 0.0315 e. The monoisotopic (exact) mass is 164 g/mol. The molecule has 1 aromatic heterocycles. The second kappa shape index (κ2) is 4.21. The zero-order valence-electron chi connectivity index (χ0n) is 7.96. The zero-order chi connectivity index (χ0) is 8.97. The van der Waals surface area contributed by atoms with Crippen LogP contribution in [0.5, 0.6) is 0 Å². The van der Waals surface area contributed by atoms with Crippen molar-refractivity contribution in [3.05, 3.63) is 29.6 Å². The maximum atomic E-state index is 4.11. The molecule has 0 radical (unpaired) electrons. The van der Waals surface area contributed by atoms with Crippen molar-refractivity contribution in [3.63, 3.8) is 0 Å². The second-order valence-corrected chi connectivity index (χ2v) is 3.26. The molecule has 0 aromatic carbocycles. The predicted octanol–water partition coefficient (Wildman–Crippen LogP) is 1.92. The normalized spacial score (nSPS) is 10.7. The van der Waals surface area contributed by atoms with Crippen LogP contribution in [0.1, 0.15) is 30.9 Å². The molecule has 1 rings (SSSR count). The van der Waals surface area contributed by atoms with Crippen molar-refractivity contribution >= 4 is 0 Å². The van der Waals surface area contributed by atoms with E-state index in [9.17, 15) is 0 Å². The molecule has 0 aliphatic carbocycles. The van der Waals surface area contributed by atoms with Gasteiger partial charge in [0.05, 0.1) is 0 Å². The van der Waals surface area contributed by atoms with Crippen LogP contribution in [0, 0.1) is 0 Å². The molecular weight excluding hydrogens is 148 g/mol. The van der Waals surface area contributed by atoms with Crippen LogP contribution < -0.4 is 5.32 Å². The Morgan fingerprint density at radius 1 is 1.50 bits per heavy atom. The van der Waals surface area contributed by atoms with Gasteiger partial charge in [0.2, 0.25) is 0 Å². The molecule has 0 bridgehead atoms. The summed E-state index contributed by atoms with van der Waals surface area (Å²) in [5, 5.41) is 3.14. The van der Waals surface area contributed by atoms with E-state index in [4.69, 9.17) is 0 Å². The summed E-state index contributed by atoms with van der Waals surface area (Å²) in [6.45, 7) is 5.31. The third-order valence-electron chi connectivity index (χ3n) is 1.93. The third-order valence-corrected chi connectivity index (χ3v) is 1.93. The Labute approximate surface area is 74.0 Å². The van der Waals surface area contributed by atoms with Crippen LogP contribution in [0.3, 0.4) is 0 Å². The van der Waals surface area contributed by atoms with Crippen molar-refractivity contribution in [2.75, 3.05) is 7.05 Å². The minimum absolute atomic E-state index is 0.580.